The largest absolute Gasteiger partial charge is 0.489 e. The van der Waals surface area contributed by atoms with Crippen LogP contribution in [0.25, 0.3) is 0 Å². The fraction of sp³-hybridized carbons (Fsp3) is 0.278. The van der Waals surface area contributed by atoms with Crippen molar-refractivity contribution < 1.29 is 9.53 Å². The molecule has 0 saturated carbocycles. The van der Waals surface area contributed by atoms with Crippen molar-refractivity contribution in [1.82, 2.24) is 5.32 Å². The fourth-order valence-corrected chi connectivity index (χ4v) is 2.25. The first-order chi connectivity index (χ1) is 11.1. The Morgan fingerprint density at radius 2 is 1.91 bits per heavy atom. The number of carbonyl (C=O) groups excluding carboxylic acids is 1. The molecule has 0 fully saturated rings. The highest BCUT2D eigenvalue weighted by Crippen LogP contribution is 2.19. The molecule has 5 heteroatoms. The molecule has 3 N–H and O–H groups in total. The van der Waals surface area contributed by atoms with Gasteiger partial charge in [-0.1, -0.05) is 41.9 Å². The van der Waals surface area contributed by atoms with Crippen molar-refractivity contribution in [2.45, 2.75) is 26.0 Å². The first-order valence-electron chi connectivity index (χ1n) is 7.54. The van der Waals surface area contributed by atoms with E-state index in [1.165, 1.54) is 5.56 Å². The first kappa shape index (κ1) is 17.3. The normalized spacial score (nSPS) is 11.9. The van der Waals surface area contributed by atoms with Crippen LogP contribution in [-0.2, 0) is 17.8 Å². The summed E-state index contributed by atoms with van der Waals surface area (Å²) in [5.74, 6) is 0.459. The molecule has 0 spiro atoms. The summed E-state index contributed by atoms with van der Waals surface area (Å²) in [5, 5.41) is 3.78. The van der Waals surface area contributed by atoms with Crippen LogP contribution < -0.4 is 15.8 Å². The van der Waals surface area contributed by atoms with Crippen molar-refractivity contribution in [2.24, 2.45) is 5.73 Å². The Balaban J connectivity index is 1.80. The van der Waals surface area contributed by atoms with E-state index in [1.807, 2.05) is 48.5 Å². The van der Waals surface area contributed by atoms with Crippen molar-refractivity contribution in [3.8, 4) is 5.75 Å². The van der Waals surface area contributed by atoms with Gasteiger partial charge in [0.25, 0.3) is 0 Å². The van der Waals surface area contributed by atoms with E-state index >= 15 is 0 Å². The molecule has 2 rings (SSSR count). The van der Waals surface area contributed by atoms with Crippen LogP contribution in [-0.4, -0.2) is 18.5 Å². The number of nitrogens with one attached hydrogen (secondary N) is 1. The van der Waals surface area contributed by atoms with E-state index in [0.29, 0.717) is 18.2 Å². The third kappa shape index (κ3) is 5.58. The zero-order valence-corrected chi connectivity index (χ0v) is 13.8. The molecule has 0 aliphatic carbocycles. The smallest absolute Gasteiger partial charge is 0.234 e. The fourth-order valence-electron chi connectivity index (χ4n) is 2.06. The lowest BCUT2D eigenvalue weighted by Crippen LogP contribution is -2.39. The minimum Gasteiger partial charge on any atom is -0.489 e. The van der Waals surface area contributed by atoms with Crippen LogP contribution in [0.15, 0.2) is 48.5 Å². The van der Waals surface area contributed by atoms with Crippen LogP contribution in [0.5, 0.6) is 5.75 Å². The Labute approximate surface area is 141 Å². The number of benzene rings is 2. The Morgan fingerprint density at radius 1 is 1.22 bits per heavy atom. The van der Waals surface area contributed by atoms with Gasteiger partial charge in [0.2, 0.25) is 5.91 Å². The summed E-state index contributed by atoms with van der Waals surface area (Å²) in [6, 6.07) is 15.2. The summed E-state index contributed by atoms with van der Waals surface area (Å²) in [7, 11) is 0. The number of ether oxygens (including phenoxy) is 1. The van der Waals surface area contributed by atoms with Gasteiger partial charge >= 0.3 is 0 Å². The maximum atomic E-state index is 10.9. The van der Waals surface area contributed by atoms with Crippen LogP contribution in [0.4, 0.5) is 0 Å². The van der Waals surface area contributed by atoms with Crippen LogP contribution in [0, 0.1) is 0 Å². The molecular weight excluding hydrogens is 312 g/mol. The zero-order valence-electron chi connectivity index (χ0n) is 13.1. The molecule has 1 amide bonds. The van der Waals surface area contributed by atoms with E-state index in [2.05, 4.69) is 5.32 Å². The van der Waals surface area contributed by atoms with E-state index < -0.39 is 0 Å². The molecule has 1 atom stereocenters. The summed E-state index contributed by atoms with van der Waals surface area (Å²) in [5.41, 5.74) is 7.33. The zero-order chi connectivity index (χ0) is 16.7. The number of nitrogens with two attached hydrogens (primary N) is 1. The molecule has 0 radical (unpaired) electrons. The van der Waals surface area contributed by atoms with Crippen LogP contribution in [0.3, 0.4) is 0 Å². The van der Waals surface area contributed by atoms with E-state index in [1.54, 1.807) is 6.92 Å². The number of primary amides is 1. The first-order valence-corrected chi connectivity index (χ1v) is 7.92. The van der Waals surface area contributed by atoms with Crippen molar-refractivity contribution in [3.05, 3.63) is 64.7 Å². The third-order valence-corrected chi connectivity index (χ3v) is 3.94. The van der Waals surface area contributed by atoms with Gasteiger partial charge in [-0.15, -0.1) is 0 Å². The third-order valence-electron chi connectivity index (χ3n) is 3.57. The van der Waals surface area contributed by atoms with E-state index in [9.17, 15) is 4.79 Å². The van der Waals surface area contributed by atoms with Crippen molar-refractivity contribution in [1.29, 1.82) is 0 Å². The summed E-state index contributed by atoms with van der Waals surface area (Å²) in [6.07, 6.45) is 0.822. The molecule has 0 aliphatic heterocycles. The van der Waals surface area contributed by atoms with E-state index in [4.69, 9.17) is 22.1 Å². The molecule has 0 saturated heterocycles. The molecule has 0 bridgehead atoms. The molecule has 0 aromatic heterocycles. The Bertz CT molecular complexity index is 644. The lowest BCUT2D eigenvalue weighted by Gasteiger charge is -2.11. The van der Waals surface area contributed by atoms with E-state index in [-0.39, 0.29) is 11.9 Å². The topological polar surface area (TPSA) is 64.3 Å². The van der Waals surface area contributed by atoms with Crippen LogP contribution in [0.1, 0.15) is 18.1 Å². The average molecular weight is 333 g/mol. The molecule has 2 aromatic carbocycles. The predicted molar refractivity (Wildman–Crippen MR) is 92.6 cm³/mol. The summed E-state index contributed by atoms with van der Waals surface area (Å²) in [4.78, 5) is 10.9. The molecule has 122 valence electrons. The second kappa shape index (κ2) is 8.56. The molecule has 23 heavy (non-hydrogen) atoms. The molecule has 0 aliphatic rings. The van der Waals surface area contributed by atoms with Crippen molar-refractivity contribution in [2.75, 3.05) is 6.54 Å². The maximum Gasteiger partial charge on any atom is 0.234 e. The second-order valence-electron chi connectivity index (χ2n) is 5.35. The van der Waals surface area contributed by atoms with Gasteiger partial charge in [0, 0.05) is 10.6 Å². The van der Waals surface area contributed by atoms with Crippen LogP contribution in [0.2, 0.25) is 5.02 Å². The Kier molecular flexibility index (Phi) is 6.44. The minimum atomic E-state index is -0.340. The molecular formula is C18H21ClN2O2. The predicted octanol–water partition coefficient (Wildman–Crippen LogP) is 2.92. The SMILES string of the molecule is C[C@H](NCCc1ccc(OCc2ccccc2Cl)cc1)C(N)=O. The number of amides is 1. The van der Waals surface area contributed by atoms with Gasteiger partial charge in [0.05, 0.1) is 6.04 Å². The number of carbonyl (C=O) groups is 1. The van der Waals surface area contributed by atoms with Gasteiger partial charge in [-0.05, 0) is 43.7 Å². The average Bonchev–Trinajstić information content (AvgIpc) is 2.55. The number of halogens is 1. The minimum absolute atomic E-state index is 0.312. The Morgan fingerprint density at radius 3 is 2.57 bits per heavy atom. The number of hydrogen-bond donors (Lipinski definition) is 2. The highest BCUT2D eigenvalue weighted by atomic mass is 35.5. The van der Waals surface area contributed by atoms with Gasteiger partial charge < -0.3 is 15.8 Å². The Hall–Kier alpha value is -2.04. The maximum absolute atomic E-state index is 10.9. The summed E-state index contributed by atoms with van der Waals surface area (Å²) in [6.45, 7) is 2.90. The molecule has 4 nitrogen and oxygen atoms in total. The number of rotatable bonds is 8. The second-order valence-corrected chi connectivity index (χ2v) is 5.76. The number of hydrogen-bond acceptors (Lipinski definition) is 3. The lowest BCUT2D eigenvalue weighted by molar-refractivity contribution is -0.119. The summed E-state index contributed by atoms with van der Waals surface area (Å²) >= 11 is 6.10. The van der Waals surface area contributed by atoms with Gasteiger partial charge in [0.1, 0.15) is 12.4 Å². The standard InChI is InChI=1S/C18H21ClN2O2/c1-13(18(20)22)21-11-10-14-6-8-16(9-7-14)23-12-15-4-2-3-5-17(15)19/h2-9,13,21H,10-12H2,1H3,(H2,20,22)/t13-/m0/s1. The van der Waals surface area contributed by atoms with Gasteiger partial charge in [-0.25, -0.2) is 0 Å². The van der Waals surface area contributed by atoms with E-state index in [0.717, 1.165) is 17.7 Å². The van der Waals surface area contributed by atoms with Gasteiger partial charge in [-0.3, -0.25) is 4.79 Å². The van der Waals surface area contributed by atoms with Gasteiger partial charge in [0.15, 0.2) is 0 Å². The highest BCUT2D eigenvalue weighted by Gasteiger charge is 2.06. The monoisotopic (exact) mass is 332 g/mol. The lowest BCUT2D eigenvalue weighted by atomic mass is 10.1. The molecule has 2 aromatic rings. The highest BCUT2D eigenvalue weighted by molar-refractivity contribution is 6.31. The molecule has 0 unspecified atom stereocenters. The molecule has 0 heterocycles. The van der Waals surface area contributed by atoms with Gasteiger partial charge in [-0.2, -0.15) is 0 Å². The van der Waals surface area contributed by atoms with Crippen molar-refractivity contribution >= 4 is 17.5 Å². The van der Waals surface area contributed by atoms with Crippen molar-refractivity contribution in [3.63, 3.8) is 0 Å². The van der Waals surface area contributed by atoms with Crippen LogP contribution >= 0.6 is 11.6 Å². The summed E-state index contributed by atoms with van der Waals surface area (Å²) < 4.78 is 5.74. The quantitative estimate of drug-likeness (QED) is 0.781.